The minimum absolute atomic E-state index is 0.0119. The topological polar surface area (TPSA) is 15.3 Å². The van der Waals surface area contributed by atoms with E-state index in [9.17, 15) is 4.39 Å². The third-order valence-corrected chi connectivity index (χ3v) is 4.10. The van der Waals surface area contributed by atoms with Gasteiger partial charge in [0.2, 0.25) is 0 Å². The molecular formula is C18H29FN2. The van der Waals surface area contributed by atoms with Crippen molar-refractivity contribution >= 4 is 5.69 Å². The highest BCUT2D eigenvalue weighted by Crippen LogP contribution is 2.30. The first-order chi connectivity index (χ1) is 9.76. The molecule has 0 aliphatic carbocycles. The van der Waals surface area contributed by atoms with E-state index in [4.69, 9.17) is 0 Å². The molecule has 1 aliphatic rings. The van der Waals surface area contributed by atoms with Crippen LogP contribution in [0.4, 0.5) is 10.1 Å². The lowest BCUT2D eigenvalue weighted by molar-refractivity contribution is 0.355. The minimum atomic E-state index is -0.102. The lowest BCUT2D eigenvalue weighted by Crippen LogP contribution is -2.40. The standard InChI is InChI=1S/C18H29FN2/c1-13-9-14(2)12-21(11-13)17-8-6-7-16(19)15(17)10-20-18(3,4)5/h6-8,13-14,20H,9-12H2,1-5H3. The van der Waals surface area contributed by atoms with Crippen LogP contribution in [-0.4, -0.2) is 18.6 Å². The molecule has 0 amide bonds. The first-order valence-electron chi connectivity index (χ1n) is 8.03. The number of benzene rings is 1. The lowest BCUT2D eigenvalue weighted by Gasteiger charge is -2.38. The summed E-state index contributed by atoms with van der Waals surface area (Å²) in [6.45, 7) is 13.5. The van der Waals surface area contributed by atoms with Crippen LogP contribution in [0.3, 0.4) is 0 Å². The van der Waals surface area contributed by atoms with Gasteiger partial charge in [-0.1, -0.05) is 19.9 Å². The predicted octanol–water partition coefficient (Wildman–Crippen LogP) is 4.20. The summed E-state index contributed by atoms with van der Waals surface area (Å²) in [5.41, 5.74) is 1.85. The van der Waals surface area contributed by atoms with Crippen molar-refractivity contribution in [2.24, 2.45) is 11.8 Å². The zero-order valence-electron chi connectivity index (χ0n) is 14.0. The van der Waals surface area contributed by atoms with Crippen LogP contribution in [0.5, 0.6) is 0 Å². The fourth-order valence-corrected chi connectivity index (χ4v) is 3.23. The fraction of sp³-hybridized carbons (Fsp3) is 0.667. The maximum atomic E-state index is 14.3. The average molecular weight is 292 g/mol. The van der Waals surface area contributed by atoms with Gasteiger partial charge in [0.1, 0.15) is 5.82 Å². The van der Waals surface area contributed by atoms with Gasteiger partial charge in [-0.2, -0.15) is 0 Å². The molecule has 0 bridgehead atoms. The van der Waals surface area contributed by atoms with Crippen molar-refractivity contribution in [1.82, 2.24) is 5.32 Å². The maximum absolute atomic E-state index is 14.3. The normalized spacial score (nSPS) is 23.4. The zero-order chi connectivity index (χ0) is 15.6. The van der Waals surface area contributed by atoms with Crippen molar-refractivity contribution in [3.8, 4) is 0 Å². The van der Waals surface area contributed by atoms with Crippen LogP contribution in [0.1, 0.15) is 46.6 Å². The quantitative estimate of drug-likeness (QED) is 0.898. The van der Waals surface area contributed by atoms with Gasteiger partial charge in [0.25, 0.3) is 0 Å². The van der Waals surface area contributed by atoms with Gasteiger partial charge < -0.3 is 10.2 Å². The molecule has 1 N–H and O–H groups in total. The number of rotatable bonds is 3. The molecule has 1 aromatic carbocycles. The molecule has 1 heterocycles. The van der Waals surface area contributed by atoms with Crippen molar-refractivity contribution in [3.05, 3.63) is 29.6 Å². The predicted molar refractivity (Wildman–Crippen MR) is 88.2 cm³/mol. The molecule has 2 rings (SSSR count). The van der Waals surface area contributed by atoms with Crippen molar-refractivity contribution < 1.29 is 4.39 Å². The molecule has 2 atom stereocenters. The number of hydrogen-bond donors (Lipinski definition) is 1. The fourth-order valence-electron chi connectivity index (χ4n) is 3.23. The lowest BCUT2D eigenvalue weighted by atomic mass is 9.91. The van der Waals surface area contributed by atoms with Crippen molar-refractivity contribution in [2.45, 2.75) is 53.1 Å². The first kappa shape index (κ1) is 16.3. The Bertz CT molecular complexity index is 469. The summed E-state index contributed by atoms with van der Waals surface area (Å²) in [6, 6.07) is 5.46. The Kier molecular flexibility index (Phi) is 4.92. The molecule has 1 aromatic rings. The average Bonchev–Trinajstić information content (AvgIpc) is 2.34. The number of nitrogens with one attached hydrogen (secondary N) is 1. The number of halogens is 1. The number of piperidine rings is 1. The van der Waals surface area contributed by atoms with Crippen LogP contribution in [0.2, 0.25) is 0 Å². The Morgan fingerprint density at radius 3 is 2.38 bits per heavy atom. The van der Waals surface area contributed by atoms with E-state index >= 15 is 0 Å². The van der Waals surface area contributed by atoms with Crippen LogP contribution < -0.4 is 10.2 Å². The molecule has 1 saturated heterocycles. The van der Waals surface area contributed by atoms with Crippen LogP contribution >= 0.6 is 0 Å². The van der Waals surface area contributed by atoms with Crippen LogP contribution in [0, 0.1) is 17.7 Å². The van der Waals surface area contributed by atoms with Gasteiger partial charge in [-0.05, 0) is 51.2 Å². The summed E-state index contributed by atoms with van der Waals surface area (Å²) >= 11 is 0. The van der Waals surface area contributed by atoms with Gasteiger partial charge in [-0.3, -0.25) is 0 Å². The first-order valence-corrected chi connectivity index (χ1v) is 8.03. The summed E-state index contributed by atoms with van der Waals surface area (Å²) in [6.07, 6.45) is 1.27. The summed E-state index contributed by atoms with van der Waals surface area (Å²) in [7, 11) is 0. The highest BCUT2D eigenvalue weighted by atomic mass is 19.1. The van der Waals surface area contributed by atoms with Gasteiger partial charge >= 0.3 is 0 Å². The smallest absolute Gasteiger partial charge is 0.129 e. The van der Waals surface area contributed by atoms with Crippen LogP contribution in [0.15, 0.2) is 18.2 Å². The second-order valence-corrected chi connectivity index (χ2v) is 7.69. The Morgan fingerprint density at radius 2 is 1.81 bits per heavy atom. The van der Waals surface area contributed by atoms with E-state index < -0.39 is 0 Å². The molecule has 21 heavy (non-hydrogen) atoms. The molecule has 3 heteroatoms. The second-order valence-electron chi connectivity index (χ2n) is 7.69. The third-order valence-electron chi connectivity index (χ3n) is 4.10. The summed E-state index contributed by atoms with van der Waals surface area (Å²) in [5.74, 6) is 1.23. The second kappa shape index (κ2) is 6.35. The number of hydrogen-bond acceptors (Lipinski definition) is 2. The third kappa shape index (κ3) is 4.44. The highest BCUT2D eigenvalue weighted by molar-refractivity contribution is 5.54. The monoisotopic (exact) mass is 292 g/mol. The molecule has 1 fully saturated rings. The summed E-state index contributed by atoms with van der Waals surface area (Å²) in [4.78, 5) is 2.36. The van der Waals surface area contributed by atoms with Gasteiger partial charge in [-0.15, -0.1) is 0 Å². The van der Waals surface area contributed by atoms with Gasteiger partial charge in [0.05, 0.1) is 0 Å². The highest BCUT2D eigenvalue weighted by Gasteiger charge is 2.24. The Labute approximate surface area is 128 Å². The molecular weight excluding hydrogens is 263 g/mol. The van der Waals surface area contributed by atoms with E-state index in [0.717, 1.165) is 24.3 Å². The molecule has 118 valence electrons. The van der Waals surface area contributed by atoms with E-state index in [1.54, 1.807) is 6.07 Å². The number of nitrogens with zero attached hydrogens (tertiary/aromatic N) is 1. The van der Waals surface area contributed by atoms with Gasteiger partial charge in [0.15, 0.2) is 0 Å². The van der Waals surface area contributed by atoms with Crippen molar-refractivity contribution in [3.63, 3.8) is 0 Å². The van der Waals surface area contributed by atoms with Crippen LogP contribution in [-0.2, 0) is 6.54 Å². The molecule has 0 spiro atoms. The Morgan fingerprint density at radius 1 is 1.19 bits per heavy atom. The summed E-state index contributed by atoms with van der Waals surface area (Å²) in [5, 5.41) is 3.41. The molecule has 0 saturated carbocycles. The molecule has 2 unspecified atom stereocenters. The van der Waals surface area contributed by atoms with E-state index in [2.05, 4.69) is 50.9 Å². The molecule has 0 radical (unpaired) electrons. The van der Waals surface area contributed by atoms with Crippen molar-refractivity contribution in [2.75, 3.05) is 18.0 Å². The molecule has 1 aliphatic heterocycles. The molecule has 0 aromatic heterocycles. The zero-order valence-corrected chi connectivity index (χ0v) is 14.0. The van der Waals surface area contributed by atoms with E-state index in [0.29, 0.717) is 18.4 Å². The SMILES string of the molecule is CC1CC(C)CN(c2cccc(F)c2CNC(C)(C)C)C1. The van der Waals surface area contributed by atoms with Crippen LogP contribution in [0.25, 0.3) is 0 Å². The largest absolute Gasteiger partial charge is 0.371 e. The minimum Gasteiger partial charge on any atom is -0.371 e. The molecule has 2 nitrogen and oxygen atoms in total. The van der Waals surface area contributed by atoms with Gasteiger partial charge in [0, 0.05) is 36.4 Å². The van der Waals surface area contributed by atoms with E-state index in [-0.39, 0.29) is 11.4 Å². The maximum Gasteiger partial charge on any atom is 0.129 e. The van der Waals surface area contributed by atoms with E-state index in [1.165, 1.54) is 6.42 Å². The van der Waals surface area contributed by atoms with Crippen molar-refractivity contribution in [1.29, 1.82) is 0 Å². The van der Waals surface area contributed by atoms with E-state index in [1.807, 2.05) is 6.07 Å². The summed E-state index contributed by atoms with van der Waals surface area (Å²) < 4.78 is 14.3. The Hall–Kier alpha value is -1.09. The van der Waals surface area contributed by atoms with Gasteiger partial charge in [-0.25, -0.2) is 4.39 Å². The Balaban J connectivity index is 2.24. The number of anilines is 1.